The highest BCUT2D eigenvalue weighted by Crippen LogP contribution is 2.37. The summed E-state index contributed by atoms with van der Waals surface area (Å²) in [5.41, 5.74) is 2.19. The number of anilines is 1. The van der Waals surface area contributed by atoms with Crippen LogP contribution >= 0.6 is 23.4 Å². The Morgan fingerprint density at radius 3 is 2.44 bits per heavy atom. The van der Waals surface area contributed by atoms with E-state index < -0.39 is 11.1 Å². The summed E-state index contributed by atoms with van der Waals surface area (Å²) in [6.07, 6.45) is 2.33. The molecule has 3 aromatic carbocycles. The highest BCUT2D eigenvalue weighted by Gasteiger charge is 2.36. The summed E-state index contributed by atoms with van der Waals surface area (Å²) >= 11 is 6.75. The topological polar surface area (TPSA) is 75.7 Å². The fourth-order valence-corrected chi connectivity index (χ4v) is 4.30. The van der Waals surface area contributed by atoms with Crippen molar-refractivity contribution in [3.05, 3.63) is 99.9 Å². The minimum Gasteiger partial charge on any atom is -0.483 e. The summed E-state index contributed by atoms with van der Waals surface area (Å²) in [6.45, 7) is 0.345. The zero-order chi connectivity index (χ0) is 23.9. The van der Waals surface area contributed by atoms with Crippen molar-refractivity contribution in [3.8, 4) is 5.75 Å². The number of nitrogens with one attached hydrogen (secondary N) is 1. The lowest BCUT2D eigenvalue weighted by atomic mass is 10.1. The Hall–Kier alpha value is -3.55. The average Bonchev–Trinajstić information content (AvgIpc) is 3.12. The molecule has 0 bridgehead atoms. The van der Waals surface area contributed by atoms with Gasteiger partial charge >= 0.3 is 0 Å². The molecule has 1 fully saturated rings. The number of halogens is 1. The van der Waals surface area contributed by atoms with Crippen LogP contribution < -0.4 is 15.0 Å². The molecule has 1 saturated heterocycles. The number of carbonyl (C=O) groups excluding carboxylic acids is 3. The first-order chi connectivity index (χ1) is 16.5. The van der Waals surface area contributed by atoms with Gasteiger partial charge in [0, 0.05) is 17.1 Å². The number of amides is 3. The van der Waals surface area contributed by atoms with Crippen molar-refractivity contribution in [2.24, 2.45) is 0 Å². The molecule has 1 aliphatic rings. The zero-order valence-corrected chi connectivity index (χ0v) is 19.6. The van der Waals surface area contributed by atoms with Gasteiger partial charge in [-0.05, 0) is 60.2 Å². The molecule has 0 saturated carbocycles. The molecule has 172 valence electrons. The molecule has 8 heteroatoms. The molecule has 0 atom stereocenters. The van der Waals surface area contributed by atoms with Gasteiger partial charge in [0.25, 0.3) is 17.1 Å². The molecule has 0 spiro atoms. The summed E-state index contributed by atoms with van der Waals surface area (Å²) in [7, 11) is 0. The van der Waals surface area contributed by atoms with E-state index in [9.17, 15) is 14.4 Å². The first kappa shape index (κ1) is 23.6. The number of nitrogens with zero attached hydrogens (tertiary/aromatic N) is 1. The molecule has 1 aliphatic heterocycles. The van der Waals surface area contributed by atoms with Crippen LogP contribution in [0.25, 0.3) is 6.08 Å². The fraction of sp³-hybridized carbons (Fsp3) is 0.115. The van der Waals surface area contributed by atoms with Gasteiger partial charge in [-0.3, -0.25) is 14.4 Å². The zero-order valence-electron chi connectivity index (χ0n) is 18.1. The van der Waals surface area contributed by atoms with E-state index in [1.165, 1.54) is 0 Å². The maximum absolute atomic E-state index is 12.9. The molecule has 0 unspecified atom stereocenters. The Morgan fingerprint density at radius 1 is 0.971 bits per heavy atom. The Morgan fingerprint density at radius 2 is 1.68 bits per heavy atom. The van der Waals surface area contributed by atoms with Crippen molar-refractivity contribution in [2.45, 2.75) is 6.42 Å². The largest absolute Gasteiger partial charge is 0.483 e. The quantitative estimate of drug-likeness (QED) is 0.431. The van der Waals surface area contributed by atoms with Crippen molar-refractivity contribution in [1.29, 1.82) is 0 Å². The van der Waals surface area contributed by atoms with Gasteiger partial charge in [-0.1, -0.05) is 60.1 Å². The molecule has 0 aromatic heterocycles. The highest BCUT2D eigenvalue weighted by atomic mass is 35.5. The van der Waals surface area contributed by atoms with E-state index in [1.54, 1.807) is 54.6 Å². The van der Waals surface area contributed by atoms with Gasteiger partial charge in [0.1, 0.15) is 5.75 Å². The first-order valence-corrected chi connectivity index (χ1v) is 11.8. The third kappa shape index (κ3) is 5.87. The summed E-state index contributed by atoms with van der Waals surface area (Å²) in [4.78, 5) is 39.0. The second-order valence-corrected chi connectivity index (χ2v) is 8.84. The molecule has 3 amide bonds. The lowest BCUT2D eigenvalue weighted by Gasteiger charge is -2.12. The van der Waals surface area contributed by atoms with E-state index in [4.69, 9.17) is 16.3 Å². The molecule has 4 rings (SSSR count). The SMILES string of the molecule is O=C(COc1ccccc1C=C1SC(=O)N(c2ccc(Cl)cc2)C1=O)NCCc1ccccc1. The number of para-hydroxylation sites is 1. The number of thioether (sulfide) groups is 1. The van der Waals surface area contributed by atoms with E-state index >= 15 is 0 Å². The molecule has 6 nitrogen and oxygen atoms in total. The van der Waals surface area contributed by atoms with E-state index in [2.05, 4.69) is 5.32 Å². The first-order valence-electron chi connectivity index (χ1n) is 10.6. The molecular formula is C26H21ClN2O4S. The summed E-state index contributed by atoms with van der Waals surface area (Å²) in [5.74, 6) is -0.224. The lowest BCUT2D eigenvalue weighted by Crippen LogP contribution is -2.30. The number of imide groups is 1. The molecule has 3 aromatic rings. The van der Waals surface area contributed by atoms with Gasteiger partial charge in [-0.2, -0.15) is 0 Å². The third-order valence-corrected chi connectivity index (χ3v) is 6.14. The normalized spacial score (nSPS) is 14.5. The molecular weight excluding hydrogens is 472 g/mol. The van der Waals surface area contributed by atoms with Crippen molar-refractivity contribution >= 4 is 52.2 Å². The van der Waals surface area contributed by atoms with Crippen molar-refractivity contribution < 1.29 is 19.1 Å². The predicted octanol–water partition coefficient (Wildman–Crippen LogP) is 5.32. The number of hydrogen-bond acceptors (Lipinski definition) is 5. The van der Waals surface area contributed by atoms with Crippen molar-refractivity contribution in [3.63, 3.8) is 0 Å². The molecule has 0 radical (unpaired) electrons. The molecule has 1 heterocycles. The fourth-order valence-electron chi connectivity index (χ4n) is 3.34. The number of carbonyl (C=O) groups is 3. The summed E-state index contributed by atoms with van der Waals surface area (Å²) in [6, 6.07) is 23.4. The smallest absolute Gasteiger partial charge is 0.298 e. The monoisotopic (exact) mass is 492 g/mol. The van der Waals surface area contributed by atoms with Crippen LogP contribution in [0.15, 0.2) is 83.8 Å². The lowest BCUT2D eigenvalue weighted by molar-refractivity contribution is -0.123. The van der Waals surface area contributed by atoms with E-state index in [0.717, 1.165) is 28.6 Å². The van der Waals surface area contributed by atoms with Gasteiger partial charge in [0.2, 0.25) is 0 Å². The Balaban J connectivity index is 1.39. The second-order valence-electron chi connectivity index (χ2n) is 7.41. The molecule has 1 N–H and O–H groups in total. The number of ether oxygens (including phenoxy) is 1. The standard InChI is InChI=1S/C26H21ClN2O4S/c27-20-10-12-21(13-11-20)29-25(31)23(34-26(29)32)16-19-8-4-5-9-22(19)33-17-24(30)28-15-14-18-6-2-1-3-7-18/h1-13,16H,14-15,17H2,(H,28,30). The maximum Gasteiger partial charge on any atom is 0.298 e. The van der Waals surface area contributed by atoms with Crippen LogP contribution in [0.1, 0.15) is 11.1 Å². The number of benzene rings is 3. The third-order valence-electron chi connectivity index (χ3n) is 5.02. The predicted molar refractivity (Wildman–Crippen MR) is 135 cm³/mol. The van der Waals surface area contributed by atoms with Crippen LogP contribution in [-0.2, 0) is 16.0 Å². The van der Waals surface area contributed by atoms with Crippen molar-refractivity contribution in [1.82, 2.24) is 5.32 Å². The number of hydrogen-bond donors (Lipinski definition) is 1. The van der Waals surface area contributed by atoms with E-state index in [-0.39, 0.29) is 17.4 Å². The summed E-state index contributed by atoms with van der Waals surface area (Å²) < 4.78 is 5.71. The van der Waals surface area contributed by atoms with Gasteiger partial charge < -0.3 is 10.1 Å². The highest BCUT2D eigenvalue weighted by molar-refractivity contribution is 8.19. The Bertz CT molecular complexity index is 1230. The van der Waals surface area contributed by atoms with Gasteiger partial charge in [0.05, 0.1) is 10.6 Å². The van der Waals surface area contributed by atoms with Crippen LogP contribution in [0, 0.1) is 0 Å². The van der Waals surface area contributed by atoms with Crippen LogP contribution in [0.5, 0.6) is 5.75 Å². The van der Waals surface area contributed by atoms with E-state index in [1.807, 2.05) is 30.3 Å². The van der Waals surface area contributed by atoms with Gasteiger partial charge in [-0.15, -0.1) is 0 Å². The summed E-state index contributed by atoms with van der Waals surface area (Å²) in [5, 5.41) is 2.96. The van der Waals surface area contributed by atoms with E-state index in [0.29, 0.717) is 28.6 Å². The van der Waals surface area contributed by atoms with Gasteiger partial charge in [-0.25, -0.2) is 4.90 Å². The molecule has 0 aliphatic carbocycles. The average molecular weight is 493 g/mol. The van der Waals surface area contributed by atoms with Crippen LogP contribution in [0.2, 0.25) is 5.02 Å². The van der Waals surface area contributed by atoms with Crippen molar-refractivity contribution in [2.75, 3.05) is 18.1 Å². The Labute approximate surface area is 206 Å². The van der Waals surface area contributed by atoms with Gasteiger partial charge in [0.15, 0.2) is 6.61 Å². The minimum atomic E-state index is -0.425. The second kappa shape index (κ2) is 11.0. The van der Waals surface area contributed by atoms with Crippen LogP contribution in [0.4, 0.5) is 10.5 Å². The Kier molecular flexibility index (Phi) is 7.67. The van der Waals surface area contributed by atoms with Crippen LogP contribution in [0.3, 0.4) is 0 Å². The van der Waals surface area contributed by atoms with Crippen LogP contribution in [-0.4, -0.2) is 30.2 Å². The molecule has 34 heavy (non-hydrogen) atoms. The maximum atomic E-state index is 12.9. The number of rotatable bonds is 8. The minimum absolute atomic E-state index is 0.161.